The van der Waals surface area contributed by atoms with Gasteiger partial charge < -0.3 is 49.4 Å². The molecule has 0 spiro atoms. The average Bonchev–Trinajstić information content (AvgIpc) is 4.08. The smallest absolute Gasteiger partial charge is 0.547 e. The van der Waals surface area contributed by atoms with Crippen molar-refractivity contribution in [3.05, 3.63) is 82.9 Å². The molecule has 0 unspecified atom stereocenters. The van der Waals surface area contributed by atoms with E-state index in [9.17, 15) is 51.6 Å². The first-order valence-electron chi connectivity index (χ1n) is 16.7. The second kappa shape index (κ2) is 17.8. The summed E-state index contributed by atoms with van der Waals surface area (Å²) in [6.45, 7) is 1.47. The number of hydrogen-bond acceptors (Lipinski definition) is 12. The molecule has 58 heavy (non-hydrogen) atoms. The fourth-order valence-corrected chi connectivity index (χ4v) is 5.84. The number of fused-ring (bicyclic) bond motifs is 2. The molecular formula is C38H27F6N4NaO9. The van der Waals surface area contributed by atoms with E-state index < -0.39 is 30.9 Å². The molecule has 0 bridgehead atoms. The van der Waals surface area contributed by atoms with E-state index in [2.05, 4.69) is 31.7 Å². The summed E-state index contributed by atoms with van der Waals surface area (Å²) in [7, 11) is 0. The molecule has 20 heteroatoms. The summed E-state index contributed by atoms with van der Waals surface area (Å²) in [6.07, 6.45) is -9.56. The van der Waals surface area contributed by atoms with Crippen LogP contribution in [0.25, 0.3) is 22.3 Å². The van der Waals surface area contributed by atoms with Crippen molar-refractivity contribution in [1.29, 1.82) is 10.5 Å². The number of carbonyl (C=O) groups excluding carboxylic acids is 2. The standard InChI is InChI=1S/C19H13F3N2O4.C16H11F3N2O2.C3H4O3.Na/c20-19(21,22)28-11-3-1-10(2-4-11)13-7-15(24-18(25)16-9-27-16)14(8-23)12-5-6-26-17(12)13;17-16(18,19)23-10-3-1-9(2-4-10)12-7-14(21)13(8-20)11-5-6-22-15(11)12;4-3(5)2-1-6-2;/h1-4,7,16H,5-6,9H2,(H,24,25);1-4,7H,5-6,21H2;2H,1H2,(H,4,5);/q;;;+1/p-1/t16-;;2-;/m1.1./s1. The third-order valence-electron chi connectivity index (χ3n) is 8.49. The molecule has 0 aromatic heterocycles. The second-order valence-electron chi connectivity index (χ2n) is 12.4. The van der Waals surface area contributed by atoms with Gasteiger partial charge in [-0.3, -0.25) is 4.79 Å². The Kier molecular flexibility index (Phi) is 13.4. The SMILES string of the molecule is N#Cc1c(N)cc(-c2ccc(OC(F)(F)F)cc2)c2c1CCO2.N#Cc1c(NC(=O)[C@H]2CO2)cc(-c2ccc(OC(F)(F)F)cc2)c2c1CCO2.O=C([O-])[C@H]1CO1.[Na+]. The third kappa shape index (κ3) is 10.8. The van der Waals surface area contributed by atoms with Crippen LogP contribution in [-0.4, -0.2) is 63.2 Å². The molecule has 1 amide bonds. The first kappa shape index (κ1) is 43.4. The van der Waals surface area contributed by atoms with E-state index in [0.717, 1.165) is 5.56 Å². The van der Waals surface area contributed by atoms with Crippen molar-refractivity contribution in [2.24, 2.45) is 0 Å². The normalized spacial score (nSPS) is 16.6. The van der Waals surface area contributed by atoms with Gasteiger partial charge in [0, 0.05) is 35.1 Å². The van der Waals surface area contributed by atoms with Crippen LogP contribution in [0.15, 0.2) is 60.7 Å². The van der Waals surface area contributed by atoms with Gasteiger partial charge in [0.2, 0.25) is 0 Å². The number of amides is 1. The number of carboxylic acid groups (broad SMARTS) is 1. The Morgan fingerprint density at radius 2 is 1.17 bits per heavy atom. The van der Waals surface area contributed by atoms with Gasteiger partial charge in [-0.05, 0) is 47.5 Å². The van der Waals surface area contributed by atoms with Gasteiger partial charge in [-0.25, -0.2) is 0 Å². The minimum Gasteiger partial charge on any atom is -0.547 e. The van der Waals surface area contributed by atoms with Crippen LogP contribution in [0.1, 0.15) is 22.3 Å². The molecule has 0 radical (unpaired) electrons. The molecule has 2 fully saturated rings. The van der Waals surface area contributed by atoms with Crippen LogP contribution in [0.3, 0.4) is 0 Å². The zero-order valence-electron chi connectivity index (χ0n) is 30.1. The topological polar surface area (TPSA) is 205 Å². The maximum absolute atomic E-state index is 12.3. The summed E-state index contributed by atoms with van der Waals surface area (Å²) in [5, 5.41) is 30.9. The molecule has 4 aromatic rings. The van der Waals surface area contributed by atoms with Crippen LogP contribution in [-0.2, 0) is 31.9 Å². The van der Waals surface area contributed by atoms with Gasteiger partial charge in [0.25, 0.3) is 5.91 Å². The number of carbonyl (C=O) groups is 2. The molecule has 4 heterocycles. The van der Waals surface area contributed by atoms with Gasteiger partial charge in [-0.2, -0.15) is 10.5 Å². The number of carboxylic acids is 1. The van der Waals surface area contributed by atoms with E-state index in [1.807, 2.05) is 0 Å². The molecule has 2 saturated heterocycles. The number of benzene rings is 4. The molecule has 4 aliphatic rings. The summed E-state index contributed by atoms with van der Waals surface area (Å²) in [6, 6.07) is 18.1. The number of rotatable bonds is 7. The van der Waals surface area contributed by atoms with E-state index >= 15 is 0 Å². The molecule has 8 rings (SSSR count). The van der Waals surface area contributed by atoms with Gasteiger partial charge >= 0.3 is 42.3 Å². The third-order valence-corrected chi connectivity index (χ3v) is 8.49. The number of epoxide rings is 2. The number of nitrogen functional groups attached to an aromatic ring is 1. The molecule has 296 valence electrons. The van der Waals surface area contributed by atoms with Crippen LogP contribution < -0.4 is 64.7 Å². The van der Waals surface area contributed by atoms with Crippen LogP contribution >= 0.6 is 0 Å². The Hall–Kier alpha value is -5.70. The summed E-state index contributed by atoms with van der Waals surface area (Å²) in [4.78, 5) is 21.6. The molecule has 4 aliphatic heterocycles. The van der Waals surface area contributed by atoms with E-state index in [0.29, 0.717) is 101 Å². The average molecular weight is 821 g/mol. The maximum atomic E-state index is 12.3. The summed E-state index contributed by atoms with van der Waals surface area (Å²) < 4.78 is 102. The van der Waals surface area contributed by atoms with Gasteiger partial charge in [0.15, 0.2) is 6.10 Å². The summed E-state index contributed by atoms with van der Waals surface area (Å²) in [5.74, 6) is -1.06. The minimum absolute atomic E-state index is 0. The zero-order chi connectivity index (χ0) is 41.1. The summed E-state index contributed by atoms with van der Waals surface area (Å²) in [5.41, 5.74) is 11.0. The first-order valence-corrected chi connectivity index (χ1v) is 16.7. The Morgan fingerprint density at radius 3 is 1.55 bits per heavy atom. The van der Waals surface area contributed by atoms with Crippen molar-refractivity contribution >= 4 is 23.3 Å². The first-order chi connectivity index (χ1) is 27.0. The van der Waals surface area contributed by atoms with E-state index in [-0.39, 0.29) is 47.0 Å². The predicted molar refractivity (Wildman–Crippen MR) is 182 cm³/mol. The molecule has 2 atom stereocenters. The van der Waals surface area contributed by atoms with Crippen LogP contribution in [0.2, 0.25) is 0 Å². The zero-order valence-corrected chi connectivity index (χ0v) is 32.1. The number of nitrogens with two attached hydrogens (primary N) is 1. The van der Waals surface area contributed by atoms with E-state index in [1.54, 1.807) is 12.1 Å². The Morgan fingerprint density at radius 1 is 0.741 bits per heavy atom. The van der Waals surface area contributed by atoms with Crippen molar-refractivity contribution in [2.75, 3.05) is 37.5 Å². The Bertz CT molecular complexity index is 2270. The van der Waals surface area contributed by atoms with Crippen molar-refractivity contribution in [1.82, 2.24) is 0 Å². The van der Waals surface area contributed by atoms with Crippen LogP contribution in [0.4, 0.5) is 37.7 Å². The van der Waals surface area contributed by atoms with Crippen molar-refractivity contribution in [2.45, 2.75) is 37.8 Å². The van der Waals surface area contributed by atoms with Crippen molar-refractivity contribution in [3.8, 4) is 57.4 Å². The molecule has 0 saturated carbocycles. The fourth-order valence-electron chi connectivity index (χ4n) is 5.84. The Labute approximate surface area is 347 Å². The summed E-state index contributed by atoms with van der Waals surface area (Å²) >= 11 is 0. The quantitative estimate of drug-likeness (QED) is 0.119. The fraction of sp³-hybridized carbons (Fsp3) is 0.263. The number of hydrogen-bond donors (Lipinski definition) is 2. The van der Waals surface area contributed by atoms with Crippen LogP contribution in [0.5, 0.6) is 23.0 Å². The molecule has 4 aromatic carbocycles. The largest absolute Gasteiger partial charge is 1.00 e. The number of halogens is 6. The van der Waals surface area contributed by atoms with Crippen molar-refractivity contribution < 1.29 is 99.0 Å². The van der Waals surface area contributed by atoms with Gasteiger partial charge in [0.1, 0.15) is 41.2 Å². The molecule has 0 aliphatic carbocycles. The number of nitrogens with one attached hydrogen (secondary N) is 1. The number of nitrogens with zero attached hydrogens (tertiary/aromatic N) is 2. The Balaban J connectivity index is 0.000000193. The predicted octanol–water partition coefficient (Wildman–Crippen LogP) is 2.18. The number of alkyl halides is 6. The van der Waals surface area contributed by atoms with Gasteiger partial charge in [0.05, 0.1) is 54.9 Å². The van der Waals surface area contributed by atoms with Crippen LogP contribution in [0, 0.1) is 22.7 Å². The molecule has 13 nitrogen and oxygen atoms in total. The number of ether oxygens (including phenoxy) is 6. The molecule has 3 N–H and O–H groups in total. The monoisotopic (exact) mass is 820 g/mol. The van der Waals surface area contributed by atoms with Gasteiger partial charge in [-0.15, -0.1) is 26.3 Å². The van der Waals surface area contributed by atoms with E-state index in [4.69, 9.17) is 19.9 Å². The molecular weight excluding hydrogens is 793 g/mol. The van der Waals surface area contributed by atoms with E-state index in [1.165, 1.54) is 48.5 Å². The number of nitriles is 2. The maximum Gasteiger partial charge on any atom is 1.00 e. The number of aliphatic carboxylic acids is 1. The van der Waals surface area contributed by atoms with Gasteiger partial charge in [-0.1, -0.05) is 24.3 Å². The number of anilines is 2. The minimum atomic E-state index is -4.78. The second-order valence-corrected chi connectivity index (χ2v) is 12.4. The van der Waals surface area contributed by atoms with Crippen molar-refractivity contribution in [3.63, 3.8) is 0 Å².